The van der Waals surface area contributed by atoms with Crippen molar-refractivity contribution in [3.63, 3.8) is 0 Å². The van der Waals surface area contributed by atoms with Crippen LogP contribution in [0.2, 0.25) is 0 Å². The zero-order valence-corrected chi connectivity index (χ0v) is 17.7. The van der Waals surface area contributed by atoms with Gasteiger partial charge < -0.3 is 14.9 Å². The number of piperazine rings is 1. The minimum absolute atomic E-state index is 0.281. The highest BCUT2D eigenvalue weighted by atomic mass is 32.2. The summed E-state index contributed by atoms with van der Waals surface area (Å²) in [6.45, 7) is 1.84. The Kier molecular flexibility index (Phi) is 4.69. The lowest BCUT2D eigenvalue weighted by Gasteiger charge is -2.31. The molecule has 0 aliphatic carbocycles. The van der Waals surface area contributed by atoms with Crippen LogP contribution in [0.3, 0.4) is 0 Å². The average Bonchev–Trinajstić information content (AvgIpc) is 3.15. The topological polar surface area (TPSA) is 89.3 Å². The molecule has 0 spiro atoms. The van der Waals surface area contributed by atoms with E-state index in [4.69, 9.17) is 0 Å². The summed E-state index contributed by atoms with van der Waals surface area (Å²) in [6.07, 6.45) is 0. The first kappa shape index (κ1) is 19.9. The lowest BCUT2D eigenvalue weighted by atomic mass is 10.1. The van der Waals surface area contributed by atoms with E-state index in [1.165, 1.54) is 16.4 Å². The second kappa shape index (κ2) is 7.30. The maximum atomic E-state index is 14.8. The number of likely N-dealkylation sites (N-methyl/N-ethyl adjacent to an activating group) is 1. The maximum Gasteiger partial charge on any atom is 0.257 e. The van der Waals surface area contributed by atoms with E-state index in [0.29, 0.717) is 48.3 Å². The Labute approximate surface area is 178 Å². The van der Waals surface area contributed by atoms with E-state index in [1.807, 2.05) is 36.2 Å². The van der Waals surface area contributed by atoms with Crippen molar-refractivity contribution in [1.29, 1.82) is 0 Å². The molecule has 0 radical (unpaired) electrons. The van der Waals surface area contributed by atoms with E-state index in [9.17, 15) is 17.6 Å². The van der Waals surface area contributed by atoms with Crippen LogP contribution >= 0.6 is 0 Å². The SMILES string of the molecule is CN1CCN(S(=O)(=O)c2cc3cc(-c4cc5ccccc5[nH]c4=O)[nH]c3cc2F)CC1. The zero-order valence-electron chi connectivity index (χ0n) is 16.9. The fourth-order valence-corrected chi connectivity index (χ4v) is 5.49. The van der Waals surface area contributed by atoms with Gasteiger partial charge in [-0.25, -0.2) is 12.8 Å². The van der Waals surface area contributed by atoms with Crippen molar-refractivity contribution in [3.05, 3.63) is 64.7 Å². The van der Waals surface area contributed by atoms with Crippen LogP contribution in [0.4, 0.5) is 4.39 Å². The van der Waals surface area contributed by atoms with Crippen molar-refractivity contribution < 1.29 is 12.8 Å². The molecular formula is C22H21FN4O3S. The van der Waals surface area contributed by atoms with Crippen molar-refractivity contribution in [2.45, 2.75) is 4.90 Å². The molecule has 31 heavy (non-hydrogen) atoms. The highest BCUT2D eigenvalue weighted by Gasteiger charge is 2.30. The van der Waals surface area contributed by atoms with Gasteiger partial charge >= 0.3 is 0 Å². The predicted octanol–water partition coefficient (Wildman–Crippen LogP) is 2.75. The van der Waals surface area contributed by atoms with Crippen LogP contribution in [0.15, 0.2) is 58.2 Å². The molecular weight excluding hydrogens is 419 g/mol. The molecule has 0 saturated carbocycles. The van der Waals surface area contributed by atoms with Crippen molar-refractivity contribution >= 4 is 31.8 Å². The largest absolute Gasteiger partial charge is 0.354 e. The fourth-order valence-electron chi connectivity index (χ4n) is 3.99. The normalized spacial score (nSPS) is 16.3. The van der Waals surface area contributed by atoms with Gasteiger partial charge in [0.05, 0.1) is 11.3 Å². The summed E-state index contributed by atoms with van der Waals surface area (Å²) >= 11 is 0. The minimum atomic E-state index is -3.95. The molecule has 1 aliphatic rings. The summed E-state index contributed by atoms with van der Waals surface area (Å²) in [4.78, 5) is 20.2. The van der Waals surface area contributed by atoms with Crippen molar-refractivity contribution in [2.24, 2.45) is 0 Å². The van der Waals surface area contributed by atoms with E-state index in [0.717, 1.165) is 10.9 Å². The summed E-state index contributed by atoms with van der Waals surface area (Å²) in [7, 11) is -2.03. The molecule has 2 N–H and O–H groups in total. The van der Waals surface area contributed by atoms with Crippen LogP contribution < -0.4 is 5.56 Å². The number of nitrogens with zero attached hydrogens (tertiary/aromatic N) is 2. The van der Waals surface area contributed by atoms with Gasteiger partial charge in [0.1, 0.15) is 10.7 Å². The fraction of sp³-hybridized carbons (Fsp3) is 0.227. The van der Waals surface area contributed by atoms with E-state index in [-0.39, 0.29) is 10.5 Å². The molecule has 1 aliphatic heterocycles. The summed E-state index contributed by atoms with van der Waals surface area (Å²) in [5.41, 5.74) is 1.77. The molecule has 9 heteroatoms. The van der Waals surface area contributed by atoms with Gasteiger partial charge in [-0.3, -0.25) is 4.79 Å². The third-order valence-corrected chi connectivity index (χ3v) is 7.71. The number of rotatable bonds is 3. The third-order valence-electron chi connectivity index (χ3n) is 5.80. The number of H-pyrrole nitrogens is 2. The molecule has 0 amide bonds. The number of aromatic amines is 2. The highest BCUT2D eigenvalue weighted by Crippen LogP contribution is 2.29. The third kappa shape index (κ3) is 3.44. The number of hydrogen-bond acceptors (Lipinski definition) is 4. The Morgan fingerprint density at radius 1 is 0.903 bits per heavy atom. The number of para-hydroxylation sites is 1. The number of nitrogens with one attached hydrogen (secondary N) is 2. The Morgan fingerprint density at radius 3 is 2.42 bits per heavy atom. The number of fused-ring (bicyclic) bond motifs is 2. The van der Waals surface area contributed by atoms with Gasteiger partial charge in [0.15, 0.2) is 0 Å². The Hall–Kier alpha value is -3.01. The van der Waals surface area contributed by atoms with Crippen molar-refractivity contribution in [1.82, 2.24) is 19.2 Å². The summed E-state index contributed by atoms with van der Waals surface area (Å²) < 4.78 is 42.2. The molecule has 7 nitrogen and oxygen atoms in total. The van der Waals surface area contributed by atoms with Gasteiger partial charge in [0.2, 0.25) is 10.0 Å². The first-order valence-corrected chi connectivity index (χ1v) is 11.4. The van der Waals surface area contributed by atoms with Gasteiger partial charge in [-0.2, -0.15) is 4.31 Å². The van der Waals surface area contributed by atoms with Crippen LogP contribution in [0.5, 0.6) is 0 Å². The summed E-state index contributed by atoms with van der Waals surface area (Å²) in [6, 6.07) is 13.4. The van der Waals surface area contributed by atoms with Gasteiger partial charge in [-0.1, -0.05) is 18.2 Å². The van der Waals surface area contributed by atoms with Crippen LogP contribution in [0.25, 0.3) is 33.1 Å². The average molecular weight is 441 g/mol. The van der Waals surface area contributed by atoms with E-state index in [1.54, 1.807) is 12.1 Å². The zero-order chi connectivity index (χ0) is 21.8. The molecule has 0 unspecified atom stereocenters. The van der Waals surface area contributed by atoms with E-state index in [2.05, 4.69) is 9.97 Å². The molecule has 0 bridgehead atoms. The van der Waals surface area contributed by atoms with Crippen molar-refractivity contribution in [2.75, 3.05) is 33.2 Å². The Balaban J connectivity index is 1.59. The lowest BCUT2D eigenvalue weighted by Crippen LogP contribution is -2.47. The molecule has 4 aromatic rings. The number of pyridine rings is 1. The van der Waals surface area contributed by atoms with Crippen LogP contribution in [-0.2, 0) is 10.0 Å². The molecule has 0 atom stereocenters. The van der Waals surface area contributed by atoms with Gasteiger partial charge in [0, 0.05) is 42.6 Å². The summed E-state index contributed by atoms with van der Waals surface area (Å²) in [5, 5.41) is 1.39. The molecule has 5 rings (SSSR count). The van der Waals surface area contributed by atoms with Crippen LogP contribution in [-0.4, -0.2) is 60.8 Å². The second-order valence-electron chi connectivity index (χ2n) is 7.86. The van der Waals surface area contributed by atoms with Crippen molar-refractivity contribution in [3.8, 4) is 11.3 Å². The monoisotopic (exact) mass is 440 g/mol. The van der Waals surface area contributed by atoms with Crippen LogP contribution in [0, 0.1) is 5.82 Å². The summed E-state index contributed by atoms with van der Waals surface area (Å²) in [5.74, 6) is -0.813. The number of hydrogen-bond donors (Lipinski definition) is 2. The first-order valence-electron chi connectivity index (χ1n) is 9.96. The standard InChI is InChI=1S/C22H21FN4O3S/c1-26-6-8-27(9-7-26)31(29,30)21-12-15-11-20(24-19(15)13-17(21)23)16-10-14-4-2-3-5-18(14)25-22(16)28/h2-5,10-13,24H,6-9H2,1H3,(H,25,28). The molecule has 3 heterocycles. The Bertz CT molecular complexity index is 1470. The number of halogens is 1. The lowest BCUT2D eigenvalue weighted by molar-refractivity contribution is 0.222. The second-order valence-corrected chi connectivity index (χ2v) is 9.77. The quantitative estimate of drug-likeness (QED) is 0.513. The smallest absolute Gasteiger partial charge is 0.257 e. The van der Waals surface area contributed by atoms with E-state index >= 15 is 0 Å². The van der Waals surface area contributed by atoms with Gasteiger partial charge in [0.25, 0.3) is 5.56 Å². The molecule has 1 saturated heterocycles. The molecule has 2 aromatic carbocycles. The number of sulfonamides is 1. The van der Waals surface area contributed by atoms with Gasteiger partial charge in [-0.15, -0.1) is 0 Å². The minimum Gasteiger partial charge on any atom is -0.354 e. The number of aromatic nitrogens is 2. The predicted molar refractivity (Wildman–Crippen MR) is 118 cm³/mol. The van der Waals surface area contributed by atoms with E-state index < -0.39 is 15.8 Å². The molecule has 1 fully saturated rings. The number of benzene rings is 2. The van der Waals surface area contributed by atoms with Gasteiger partial charge in [-0.05, 0) is 42.8 Å². The molecule has 2 aromatic heterocycles. The maximum absolute atomic E-state index is 14.8. The van der Waals surface area contributed by atoms with Crippen LogP contribution in [0.1, 0.15) is 0 Å². The Morgan fingerprint density at radius 2 is 1.65 bits per heavy atom. The first-order chi connectivity index (χ1) is 14.8. The highest BCUT2D eigenvalue weighted by molar-refractivity contribution is 7.89. The molecule has 160 valence electrons.